The molecule has 1 saturated carbocycles. The van der Waals surface area contributed by atoms with Crippen molar-refractivity contribution in [2.45, 2.75) is 50.4 Å². The Bertz CT molecular complexity index is 985. The van der Waals surface area contributed by atoms with E-state index in [4.69, 9.17) is 5.73 Å². The van der Waals surface area contributed by atoms with Crippen LogP contribution in [0.25, 0.3) is 22.3 Å². The number of nitrogens with zero attached hydrogens (tertiary/aromatic N) is 3. The van der Waals surface area contributed by atoms with Crippen molar-refractivity contribution in [1.82, 2.24) is 20.2 Å². The molecule has 4 N–H and O–H groups in total. The number of hydrogen-bond donors (Lipinski definition) is 3. The molecular formula is C19H21F3N6. The highest BCUT2D eigenvalue weighted by Crippen LogP contribution is 2.38. The third kappa shape index (κ3) is 3.66. The zero-order valence-corrected chi connectivity index (χ0v) is 15.3. The average Bonchev–Trinajstić information content (AvgIpc) is 3.06. The van der Waals surface area contributed by atoms with Gasteiger partial charge in [0.25, 0.3) is 0 Å². The number of nitrogens with one attached hydrogen (secondary N) is 2. The number of aromatic nitrogens is 4. The van der Waals surface area contributed by atoms with Gasteiger partial charge in [-0.1, -0.05) is 18.2 Å². The second-order valence-electron chi connectivity index (χ2n) is 7.64. The van der Waals surface area contributed by atoms with Crippen LogP contribution >= 0.6 is 0 Å². The molecule has 28 heavy (non-hydrogen) atoms. The molecule has 1 fully saturated rings. The van der Waals surface area contributed by atoms with Crippen LogP contribution in [0, 0.1) is 0 Å². The molecule has 6 nitrogen and oxygen atoms in total. The highest BCUT2D eigenvalue weighted by Gasteiger charge is 2.37. The molecule has 0 bridgehead atoms. The Hall–Kier alpha value is -2.68. The van der Waals surface area contributed by atoms with Gasteiger partial charge in [-0.15, -0.1) is 0 Å². The van der Waals surface area contributed by atoms with Crippen LogP contribution in [0.4, 0.5) is 19.1 Å². The molecule has 0 spiro atoms. The SMILES string of the molecule is C[C@]1(N)CC[C@@H](Nc2ncc(C(F)(F)F)c(-c3n[nH]c4ccccc34)n2)CC1. The Morgan fingerprint density at radius 2 is 1.89 bits per heavy atom. The minimum atomic E-state index is -4.58. The smallest absolute Gasteiger partial charge is 0.351 e. The fraction of sp³-hybridized carbons (Fsp3) is 0.421. The summed E-state index contributed by atoms with van der Waals surface area (Å²) in [5, 5.41) is 10.6. The predicted octanol–water partition coefficient (Wildman–Crippen LogP) is 4.11. The molecule has 0 amide bonds. The number of rotatable bonds is 3. The Morgan fingerprint density at radius 1 is 1.18 bits per heavy atom. The molecule has 0 radical (unpaired) electrons. The van der Waals surface area contributed by atoms with Crippen molar-refractivity contribution in [2.24, 2.45) is 5.73 Å². The number of benzene rings is 1. The van der Waals surface area contributed by atoms with Gasteiger partial charge in [0, 0.05) is 23.2 Å². The van der Waals surface area contributed by atoms with Gasteiger partial charge in [0.2, 0.25) is 5.95 Å². The molecular weight excluding hydrogens is 369 g/mol. The normalized spacial score (nSPS) is 23.1. The Morgan fingerprint density at radius 3 is 2.61 bits per heavy atom. The van der Waals surface area contributed by atoms with Gasteiger partial charge in [-0.25, -0.2) is 9.97 Å². The predicted molar refractivity (Wildman–Crippen MR) is 101 cm³/mol. The molecule has 2 aromatic heterocycles. The summed E-state index contributed by atoms with van der Waals surface area (Å²) < 4.78 is 40.7. The fourth-order valence-electron chi connectivity index (χ4n) is 3.59. The minimum absolute atomic E-state index is 0.0807. The second kappa shape index (κ2) is 6.73. The quantitative estimate of drug-likeness (QED) is 0.626. The molecule has 148 valence electrons. The lowest BCUT2D eigenvalue weighted by Crippen LogP contribution is -2.43. The fourth-order valence-corrected chi connectivity index (χ4v) is 3.59. The van der Waals surface area contributed by atoms with Crippen LogP contribution in [0.15, 0.2) is 30.5 Å². The molecule has 0 atom stereocenters. The van der Waals surface area contributed by atoms with Crippen molar-refractivity contribution in [3.63, 3.8) is 0 Å². The van der Waals surface area contributed by atoms with Gasteiger partial charge < -0.3 is 11.1 Å². The van der Waals surface area contributed by atoms with Crippen LogP contribution in [-0.2, 0) is 6.18 Å². The van der Waals surface area contributed by atoms with Crippen LogP contribution in [-0.4, -0.2) is 31.7 Å². The third-order valence-electron chi connectivity index (χ3n) is 5.25. The van der Waals surface area contributed by atoms with Crippen molar-refractivity contribution in [2.75, 3.05) is 5.32 Å². The van der Waals surface area contributed by atoms with E-state index in [0.29, 0.717) is 10.9 Å². The first-order chi connectivity index (χ1) is 13.2. The Kier molecular flexibility index (Phi) is 4.49. The zero-order valence-electron chi connectivity index (χ0n) is 15.3. The molecule has 1 aliphatic rings. The Balaban J connectivity index is 1.71. The summed E-state index contributed by atoms with van der Waals surface area (Å²) in [6, 6.07) is 7.09. The lowest BCUT2D eigenvalue weighted by Gasteiger charge is -2.34. The van der Waals surface area contributed by atoms with Crippen LogP contribution in [0.3, 0.4) is 0 Å². The van der Waals surface area contributed by atoms with Gasteiger partial charge in [-0.05, 0) is 38.7 Å². The van der Waals surface area contributed by atoms with E-state index in [9.17, 15) is 13.2 Å². The van der Waals surface area contributed by atoms with E-state index in [1.165, 1.54) is 0 Å². The maximum atomic E-state index is 13.6. The molecule has 9 heteroatoms. The lowest BCUT2D eigenvalue weighted by molar-refractivity contribution is -0.137. The van der Waals surface area contributed by atoms with E-state index in [0.717, 1.165) is 31.9 Å². The first-order valence-corrected chi connectivity index (χ1v) is 9.16. The van der Waals surface area contributed by atoms with Gasteiger partial charge in [0.05, 0.1) is 5.52 Å². The van der Waals surface area contributed by atoms with Crippen molar-refractivity contribution < 1.29 is 13.2 Å². The number of halogens is 3. The standard InChI is InChI=1S/C19H21F3N6/c1-18(23)8-6-11(7-9-18)25-17-24-10-13(19(20,21)22)16(26-17)15-12-4-2-3-5-14(12)27-28-15/h2-5,10-11H,6-9,23H2,1H3,(H,27,28)(H,24,25,26)/t11-,18+. The van der Waals surface area contributed by atoms with E-state index >= 15 is 0 Å². The molecule has 1 aliphatic carbocycles. The number of hydrogen-bond acceptors (Lipinski definition) is 5. The van der Waals surface area contributed by atoms with Crippen molar-refractivity contribution in [3.8, 4) is 11.4 Å². The molecule has 4 rings (SSSR count). The van der Waals surface area contributed by atoms with Crippen LogP contribution in [0.1, 0.15) is 38.2 Å². The van der Waals surface area contributed by atoms with Crippen molar-refractivity contribution in [3.05, 3.63) is 36.0 Å². The lowest BCUT2D eigenvalue weighted by atomic mass is 9.82. The van der Waals surface area contributed by atoms with Crippen molar-refractivity contribution >= 4 is 16.9 Å². The number of para-hydroxylation sites is 1. The van der Waals surface area contributed by atoms with E-state index in [1.807, 2.05) is 6.92 Å². The minimum Gasteiger partial charge on any atom is -0.351 e. The van der Waals surface area contributed by atoms with E-state index in [2.05, 4.69) is 25.5 Å². The number of aromatic amines is 1. The molecule has 0 aliphatic heterocycles. The first-order valence-electron chi connectivity index (χ1n) is 9.16. The van der Waals surface area contributed by atoms with E-state index in [-0.39, 0.29) is 28.9 Å². The molecule has 3 aromatic rings. The van der Waals surface area contributed by atoms with Gasteiger partial charge >= 0.3 is 6.18 Å². The highest BCUT2D eigenvalue weighted by molar-refractivity contribution is 5.92. The summed E-state index contributed by atoms with van der Waals surface area (Å²) in [7, 11) is 0. The summed E-state index contributed by atoms with van der Waals surface area (Å²) in [5.74, 6) is 0.167. The number of anilines is 1. The largest absolute Gasteiger partial charge is 0.420 e. The van der Waals surface area contributed by atoms with Crippen LogP contribution in [0.5, 0.6) is 0 Å². The monoisotopic (exact) mass is 390 g/mol. The van der Waals surface area contributed by atoms with E-state index in [1.54, 1.807) is 24.3 Å². The summed E-state index contributed by atoms with van der Waals surface area (Å²) >= 11 is 0. The van der Waals surface area contributed by atoms with Crippen LogP contribution in [0.2, 0.25) is 0 Å². The average molecular weight is 390 g/mol. The molecule has 0 unspecified atom stereocenters. The highest BCUT2D eigenvalue weighted by atomic mass is 19.4. The number of fused-ring (bicyclic) bond motifs is 1. The maximum absolute atomic E-state index is 13.6. The first kappa shape index (κ1) is 18.7. The number of nitrogens with two attached hydrogens (primary N) is 1. The second-order valence-corrected chi connectivity index (χ2v) is 7.64. The zero-order chi connectivity index (χ0) is 19.9. The van der Waals surface area contributed by atoms with Crippen LogP contribution < -0.4 is 11.1 Å². The molecule has 2 heterocycles. The summed E-state index contributed by atoms with van der Waals surface area (Å²) in [5.41, 5.74) is 5.61. The van der Waals surface area contributed by atoms with Gasteiger partial charge in [-0.3, -0.25) is 5.10 Å². The maximum Gasteiger partial charge on any atom is 0.420 e. The van der Waals surface area contributed by atoms with Crippen molar-refractivity contribution in [1.29, 1.82) is 0 Å². The molecule has 1 aromatic carbocycles. The van der Waals surface area contributed by atoms with E-state index < -0.39 is 11.7 Å². The van der Waals surface area contributed by atoms with Gasteiger partial charge in [0.15, 0.2) is 0 Å². The topological polar surface area (TPSA) is 92.5 Å². The third-order valence-corrected chi connectivity index (χ3v) is 5.25. The Labute approximate surface area is 159 Å². The molecule has 0 saturated heterocycles. The van der Waals surface area contributed by atoms with Gasteiger partial charge in [-0.2, -0.15) is 18.3 Å². The summed E-state index contributed by atoms with van der Waals surface area (Å²) in [4.78, 5) is 8.12. The summed E-state index contributed by atoms with van der Waals surface area (Å²) in [6.45, 7) is 2.01. The number of H-pyrrole nitrogens is 1. The number of alkyl halides is 3. The van der Waals surface area contributed by atoms with Gasteiger partial charge in [0.1, 0.15) is 17.0 Å². The summed E-state index contributed by atoms with van der Waals surface area (Å²) in [6.07, 6.45) is -0.454.